The Morgan fingerprint density at radius 1 is 1.38 bits per heavy atom. The molecule has 0 saturated heterocycles. The molecule has 2 aromatic carbocycles. The maximum atomic E-state index is 13.3. The lowest BCUT2D eigenvalue weighted by Gasteiger charge is -2.11. The largest absolute Gasteiger partial charge is 0.462 e. The highest BCUT2D eigenvalue weighted by Crippen LogP contribution is 2.38. The molecule has 3 nitrogen and oxygen atoms in total. The van der Waals surface area contributed by atoms with Crippen molar-refractivity contribution in [3.8, 4) is 0 Å². The van der Waals surface area contributed by atoms with Crippen molar-refractivity contribution in [1.82, 2.24) is 0 Å². The summed E-state index contributed by atoms with van der Waals surface area (Å²) in [5.74, 6) is -0.866. The molecule has 0 spiro atoms. The molecule has 2 aromatic rings. The molecule has 2 rings (SSSR count). The van der Waals surface area contributed by atoms with Crippen LogP contribution in [0.2, 0.25) is 5.02 Å². The van der Waals surface area contributed by atoms with Crippen molar-refractivity contribution in [3.05, 3.63) is 52.8 Å². The van der Waals surface area contributed by atoms with Crippen LogP contribution in [0.15, 0.2) is 46.2 Å². The van der Waals surface area contributed by atoms with Gasteiger partial charge in [-0.15, -0.1) is 0 Å². The van der Waals surface area contributed by atoms with Crippen molar-refractivity contribution < 1.29 is 13.9 Å². The van der Waals surface area contributed by atoms with Gasteiger partial charge in [0, 0.05) is 15.5 Å². The summed E-state index contributed by atoms with van der Waals surface area (Å²) in [5, 5.41) is 0.326. The average molecular weight is 326 g/mol. The van der Waals surface area contributed by atoms with Crippen LogP contribution < -0.4 is 5.73 Å². The van der Waals surface area contributed by atoms with E-state index in [4.69, 9.17) is 22.1 Å². The van der Waals surface area contributed by atoms with Crippen molar-refractivity contribution >= 4 is 35.0 Å². The summed E-state index contributed by atoms with van der Waals surface area (Å²) < 4.78 is 18.3. The summed E-state index contributed by atoms with van der Waals surface area (Å²) in [6, 6.07) is 9.09. The van der Waals surface area contributed by atoms with Crippen molar-refractivity contribution in [3.63, 3.8) is 0 Å². The topological polar surface area (TPSA) is 52.3 Å². The Kier molecular flexibility index (Phi) is 5.09. The summed E-state index contributed by atoms with van der Waals surface area (Å²) in [6.45, 7) is 1.96. The molecule has 0 saturated carbocycles. The summed E-state index contributed by atoms with van der Waals surface area (Å²) in [4.78, 5) is 13.1. The third-order valence-electron chi connectivity index (χ3n) is 2.58. The summed E-state index contributed by atoms with van der Waals surface area (Å²) in [5.41, 5.74) is 6.36. The van der Waals surface area contributed by atoms with E-state index in [1.165, 1.54) is 30.0 Å². The van der Waals surface area contributed by atoms with E-state index in [9.17, 15) is 9.18 Å². The van der Waals surface area contributed by atoms with E-state index in [0.717, 1.165) is 0 Å². The van der Waals surface area contributed by atoms with E-state index in [1.807, 2.05) is 0 Å². The standard InChI is InChI=1S/C15H13ClFNO2S/c1-2-20-15(19)12-7-10(18)8-13(16)14(12)21-11-5-3-4-9(17)6-11/h3-8H,2,18H2,1H3. The smallest absolute Gasteiger partial charge is 0.339 e. The van der Waals surface area contributed by atoms with Gasteiger partial charge >= 0.3 is 5.97 Å². The Balaban J connectivity index is 2.44. The molecule has 0 aliphatic heterocycles. The van der Waals surface area contributed by atoms with Gasteiger partial charge in [0.05, 0.1) is 17.2 Å². The first-order valence-corrected chi connectivity index (χ1v) is 7.40. The molecule has 6 heteroatoms. The summed E-state index contributed by atoms with van der Waals surface area (Å²) in [7, 11) is 0. The predicted molar refractivity (Wildman–Crippen MR) is 82.3 cm³/mol. The zero-order valence-corrected chi connectivity index (χ0v) is 12.8. The number of anilines is 1. The number of rotatable bonds is 4. The molecule has 0 unspecified atom stereocenters. The van der Waals surface area contributed by atoms with Gasteiger partial charge in [0.2, 0.25) is 0 Å². The molecule has 0 fully saturated rings. The van der Waals surface area contributed by atoms with E-state index in [-0.39, 0.29) is 18.0 Å². The Labute approximate surface area is 131 Å². The molecule has 0 bridgehead atoms. The second-order valence-corrected chi connectivity index (χ2v) is 5.65. The lowest BCUT2D eigenvalue weighted by molar-refractivity contribution is 0.0522. The van der Waals surface area contributed by atoms with Crippen molar-refractivity contribution in [1.29, 1.82) is 0 Å². The van der Waals surface area contributed by atoms with Gasteiger partial charge in [0.25, 0.3) is 0 Å². The predicted octanol–water partition coefficient (Wildman–Crippen LogP) is 4.39. The van der Waals surface area contributed by atoms with Crippen molar-refractivity contribution in [2.75, 3.05) is 12.3 Å². The van der Waals surface area contributed by atoms with E-state index in [1.54, 1.807) is 25.1 Å². The molecular formula is C15H13ClFNO2S. The Morgan fingerprint density at radius 2 is 2.14 bits per heavy atom. The second-order valence-electron chi connectivity index (χ2n) is 4.16. The van der Waals surface area contributed by atoms with Gasteiger partial charge in [0.15, 0.2) is 0 Å². The van der Waals surface area contributed by atoms with Crippen LogP contribution in [0.4, 0.5) is 10.1 Å². The molecule has 0 atom stereocenters. The summed E-state index contributed by atoms with van der Waals surface area (Å²) in [6.07, 6.45) is 0. The molecular weight excluding hydrogens is 313 g/mol. The van der Waals surface area contributed by atoms with Crippen LogP contribution in [0.3, 0.4) is 0 Å². The van der Waals surface area contributed by atoms with Crippen LogP contribution >= 0.6 is 23.4 Å². The molecule has 0 heterocycles. The molecule has 0 aliphatic carbocycles. The number of hydrogen-bond donors (Lipinski definition) is 1. The Morgan fingerprint density at radius 3 is 2.81 bits per heavy atom. The molecule has 0 radical (unpaired) electrons. The molecule has 0 amide bonds. The Bertz CT molecular complexity index is 679. The van der Waals surface area contributed by atoms with Gasteiger partial charge < -0.3 is 10.5 Å². The molecule has 0 aliphatic rings. The average Bonchev–Trinajstić information content (AvgIpc) is 2.42. The van der Waals surface area contributed by atoms with Crippen molar-refractivity contribution in [2.45, 2.75) is 16.7 Å². The highest BCUT2D eigenvalue weighted by Gasteiger charge is 2.18. The fourth-order valence-electron chi connectivity index (χ4n) is 1.73. The second kappa shape index (κ2) is 6.83. The van der Waals surface area contributed by atoms with Crippen LogP contribution in [0.1, 0.15) is 17.3 Å². The van der Waals surface area contributed by atoms with E-state index in [0.29, 0.717) is 20.5 Å². The number of esters is 1. The number of hydrogen-bond acceptors (Lipinski definition) is 4. The van der Waals surface area contributed by atoms with E-state index in [2.05, 4.69) is 0 Å². The van der Waals surface area contributed by atoms with Crippen LogP contribution in [0.25, 0.3) is 0 Å². The minimum Gasteiger partial charge on any atom is -0.462 e. The van der Waals surface area contributed by atoms with Gasteiger partial charge in [-0.3, -0.25) is 0 Å². The van der Waals surface area contributed by atoms with Gasteiger partial charge in [-0.05, 0) is 37.3 Å². The normalized spacial score (nSPS) is 10.4. The number of halogens is 2. The first-order chi connectivity index (χ1) is 10.0. The SMILES string of the molecule is CCOC(=O)c1cc(N)cc(Cl)c1Sc1cccc(F)c1. The third-order valence-corrected chi connectivity index (χ3v) is 4.12. The van der Waals surface area contributed by atoms with Gasteiger partial charge in [-0.25, -0.2) is 9.18 Å². The Hall–Kier alpha value is -1.72. The lowest BCUT2D eigenvalue weighted by Crippen LogP contribution is -2.07. The minimum atomic E-state index is -0.509. The van der Waals surface area contributed by atoms with Crippen LogP contribution in [0, 0.1) is 5.82 Å². The molecule has 2 N–H and O–H groups in total. The number of nitrogens with two attached hydrogens (primary N) is 1. The van der Waals surface area contributed by atoms with Gasteiger partial charge in [-0.2, -0.15) is 0 Å². The zero-order chi connectivity index (χ0) is 15.4. The van der Waals surface area contributed by atoms with Crippen molar-refractivity contribution in [2.24, 2.45) is 0 Å². The highest BCUT2D eigenvalue weighted by atomic mass is 35.5. The van der Waals surface area contributed by atoms with Gasteiger partial charge in [-0.1, -0.05) is 29.4 Å². The number of nitrogen functional groups attached to an aromatic ring is 1. The minimum absolute atomic E-state index is 0.245. The maximum Gasteiger partial charge on any atom is 0.339 e. The fraction of sp³-hybridized carbons (Fsp3) is 0.133. The zero-order valence-electron chi connectivity index (χ0n) is 11.2. The highest BCUT2D eigenvalue weighted by molar-refractivity contribution is 7.99. The fourth-order valence-corrected chi connectivity index (χ4v) is 3.03. The first kappa shape index (κ1) is 15.7. The number of carbonyl (C=O) groups is 1. The van der Waals surface area contributed by atoms with E-state index < -0.39 is 5.97 Å². The molecule has 0 aromatic heterocycles. The third kappa shape index (κ3) is 3.89. The number of carbonyl (C=O) groups excluding carboxylic acids is 1. The summed E-state index contributed by atoms with van der Waals surface area (Å²) >= 11 is 7.36. The van der Waals surface area contributed by atoms with Crippen LogP contribution in [-0.4, -0.2) is 12.6 Å². The van der Waals surface area contributed by atoms with Gasteiger partial charge in [0.1, 0.15) is 5.82 Å². The molecule has 110 valence electrons. The quantitative estimate of drug-likeness (QED) is 0.669. The number of benzene rings is 2. The first-order valence-electron chi connectivity index (χ1n) is 6.20. The van der Waals surface area contributed by atoms with Crippen LogP contribution in [-0.2, 0) is 4.74 Å². The lowest BCUT2D eigenvalue weighted by atomic mass is 10.2. The van der Waals surface area contributed by atoms with Crippen LogP contribution in [0.5, 0.6) is 0 Å². The van der Waals surface area contributed by atoms with E-state index >= 15 is 0 Å². The monoisotopic (exact) mass is 325 g/mol. The molecule has 21 heavy (non-hydrogen) atoms. The maximum absolute atomic E-state index is 13.3. The number of ether oxygens (including phenoxy) is 1.